The molecular formula is C11H13BO2. The van der Waals surface area contributed by atoms with Crippen LogP contribution in [-0.2, 0) is 4.79 Å². The van der Waals surface area contributed by atoms with Gasteiger partial charge in [-0.05, 0) is 23.6 Å². The van der Waals surface area contributed by atoms with E-state index in [0.717, 1.165) is 17.6 Å². The zero-order chi connectivity index (χ0) is 10.4. The van der Waals surface area contributed by atoms with Crippen LogP contribution in [0.25, 0.3) is 0 Å². The highest BCUT2D eigenvalue weighted by Gasteiger charge is 2.07. The quantitative estimate of drug-likeness (QED) is 0.521. The van der Waals surface area contributed by atoms with Crippen LogP contribution in [0.1, 0.15) is 17.9 Å². The van der Waals surface area contributed by atoms with Crippen LogP contribution >= 0.6 is 0 Å². The lowest BCUT2D eigenvalue weighted by molar-refractivity contribution is -0.108. The average molecular weight is 188 g/mol. The molecule has 1 atom stereocenters. The Kier molecular flexibility index (Phi) is 4.24. The normalized spacial score (nSPS) is 12.1. The Bertz CT molecular complexity index is 282. The number of methoxy groups -OCH3 is 1. The molecular weight excluding hydrogens is 175 g/mol. The Morgan fingerprint density at radius 1 is 1.43 bits per heavy atom. The summed E-state index contributed by atoms with van der Waals surface area (Å²) in [5, 5.41) is 0. The van der Waals surface area contributed by atoms with Crippen LogP contribution in [-0.4, -0.2) is 21.2 Å². The molecule has 0 amide bonds. The highest BCUT2D eigenvalue weighted by Crippen LogP contribution is 2.23. The second kappa shape index (κ2) is 5.48. The fraction of sp³-hybridized carbons (Fsp3) is 0.364. The van der Waals surface area contributed by atoms with Crippen molar-refractivity contribution in [3.05, 3.63) is 29.8 Å². The van der Waals surface area contributed by atoms with Crippen molar-refractivity contribution in [3.8, 4) is 5.75 Å². The predicted molar refractivity (Wildman–Crippen MR) is 57.0 cm³/mol. The minimum atomic E-state index is 0.124. The zero-order valence-corrected chi connectivity index (χ0v) is 8.27. The Morgan fingerprint density at radius 2 is 2.07 bits per heavy atom. The van der Waals surface area contributed by atoms with Crippen LogP contribution < -0.4 is 4.74 Å². The van der Waals surface area contributed by atoms with E-state index in [1.54, 1.807) is 7.11 Å². The van der Waals surface area contributed by atoms with E-state index in [9.17, 15) is 4.79 Å². The van der Waals surface area contributed by atoms with Gasteiger partial charge < -0.3 is 9.53 Å². The molecule has 0 heterocycles. The van der Waals surface area contributed by atoms with Crippen LogP contribution in [0.15, 0.2) is 24.3 Å². The van der Waals surface area contributed by atoms with Gasteiger partial charge in [-0.25, -0.2) is 0 Å². The topological polar surface area (TPSA) is 26.3 Å². The minimum Gasteiger partial charge on any atom is -0.497 e. The first-order chi connectivity index (χ1) is 6.81. The second-order valence-corrected chi connectivity index (χ2v) is 3.11. The number of hydrogen-bond acceptors (Lipinski definition) is 2. The number of ether oxygens (including phenoxy) is 1. The first-order valence-electron chi connectivity index (χ1n) is 4.59. The van der Waals surface area contributed by atoms with Gasteiger partial charge in [0.2, 0.25) is 0 Å². The summed E-state index contributed by atoms with van der Waals surface area (Å²) in [4.78, 5) is 10.4. The first-order valence-corrected chi connectivity index (χ1v) is 4.59. The second-order valence-electron chi connectivity index (χ2n) is 3.11. The maximum atomic E-state index is 10.4. The molecule has 0 unspecified atom stereocenters. The third-order valence-electron chi connectivity index (χ3n) is 2.25. The lowest BCUT2D eigenvalue weighted by Gasteiger charge is -2.12. The van der Waals surface area contributed by atoms with Gasteiger partial charge in [0, 0.05) is 6.42 Å². The predicted octanol–water partition coefficient (Wildman–Crippen LogP) is 1.95. The van der Waals surface area contributed by atoms with Crippen molar-refractivity contribution in [2.24, 2.45) is 0 Å². The lowest BCUT2D eigenvalue weighted by Crippen LogP contribution is -1.98. The standard InChI is InChI=1S/C11H13BO2/c1-14-11-4-2-9(3-5-11)10(8-12)6-7-13/h2-5,7,10H,6,8H2,1H3/t10-/m0/s1. The summed E-state index contributed by atoms with van der Waals surface area (Å²) >= 11 is 0. The first kappa shape index (κ1) is 10.8. The molecule has 2 nitrogen and oxygen atoms in total. The molecule has 72 valence electrons. The summed E-state index contributed by atoms with van der Waals surface area (Å²) in [7, 11) is 7.20. The van der Waals surface area contributed by atoms with E-state index in [-0.39, 0.29) is 5.92 Å². The molecule has 1 rings (SSSR count). The molecule has 0 saturated carbocycles. The molecule has 0 bridgehead atoms. The third kappa shape index (κ3) is 2.62. The van der Waals surface area contributed by atoms with Gasteiger partial charge in [-0.1, -0.05) is 18.5 Å². The summed E-state index contributed by atoms with van der Waals surface area (Å²) in [5.41, 5.74) is 1.08. The van der Waals surface area contributed by atoms with Crippen molar-refractivity contribution in [3.63, 3.8) is 0 Å². The molecule has 0 aromatic heterocycles. The molecule has 0 spiro atoms. The highest BCUT2D eigenvalue weighted by molar-refractivity contribution is 6.09. The van der Waals surface area contributed by atoms with Gasteiger partial charge in [0.05, 0.1) is 15.0 Å². The summed E-state index contributed by atoms with van der Waals surface area (Å²) in [6.07, 6.45) is 1.87. The van der Waals surface area contributed by atoms with Gasteiger partial charge in [-0.3, -0.25) is 0 Å². The number of rotatable bonds is 5. The smallest absolute Gasteiger partial charge is 0.120 e. The van der Waals surface area contributed by atoms with Gasteiger partial charge in [0.25, 0.3) is 0 Å². The number of benzene rings is 1. The van der Waals surface area contributed by atoms with E-state index < -0.39 is 0 Å². The Hall–Kier alpha value is -1.25. The highest BCUT2D eigenvalue weighted by atomic mass is 16.5. The average Bonchev–Trinajstić information content (AvgIpc) is 2.26. The third-order valence-corrected chi connectivity index (χ3v) is 2.25. The van der Waals surface area contributed by atoms with Crippen LogP contribution in [0, 0.1) is 0 Å². The maximum absolute atomic E-state index is 10.4. The van der Waals surface area contributed by atoms with Gasteiger partial charge in [-0.15, -0.1) is 0 Å². The Balaban J connectivity index is 2.77. The molecule has 0 aliphatic carbocycles. The Labute approximate surface area is 85.7 Å². The van der Waals surface area contributed by atoms with Crippen molar-refractivity contribution < 1.29 is 9.53 Å². The van der Waals surface area contributed by atoms with E-state index in [4.69, 9.17) is 12.6 Å². The van der Waals surface area contributed by atoms with E-state index >= 15 is 0 Å². The lowest BCUT2D eigenvalue weighted by atomic mass is 9.84. The number of aldehydes is 1. The molecule has 0 fully saturated rings. The molecule has 0 N–H and O–H groups in total. The summed E-state index contributed by atoms with van der Waals surface area (Å²) in [5.74, 6) is 0.939. The van der Waals surface area contributed by atoms with Crippen LogP contribution in [0.5, 0.6) is 5.75 Å². The maximum Gasteiger partial charge on any atom is 0.120 e. The molecule has 2 radical (unpaired) electrons. The fourth-order valence-electron chi connectivity index (χ4n) is 1.36. The molecule has 3 heteroatoms. The van der Waals surface area contributed by atoms with Crippen molar-refractivity contribution in [2.45, 2.75) is 18.7 Å². The van der Waals surface area contributed by atoms with E-state index in [2.05, 4.69) is 0 Å². The molecule has 1 aromatic rings. The minimum absolute atomic E-state index is 0.124. The summed E-state index contributed by atoms with van der Waals surface area (Å²) < 4.78 is 5.04. The number of carbonyl (C=O) groups excluding carboxylic acids is 1. The van der Waals surface area contributed by atoms with Gasteiger partial charge in [0.15, 0.2) is 0 Å². The van der Waals surface area contributed by atoms with Gasteiger partial charge >= 0.3 is 0 Å². The van der Waals surface area contributed by atoms with Crippen LogP contribution in [0.4, 0.5) is 0 Å². The zero-order valence-electron chi connectivity index (χ0n) is 8.27. The number of hydrogen-bond donors (Lipinski definition) is 0. The molecule has 14 heavy (non-hydrogen) atoms. The van der Waals surface area contributed by atoms with E-state index in [1.165, 1.54) is 0 Å². The molecule has 1 aromatic carbocycles. The van der Waals surface area contributed by atoms with Crippen molar-refractivity contribution in [1.82, 2.24) is 0 Å². The van der Waals surface area contributed by atoms with Crippen molar-refractivity contribution in [1.29, 1.82) is 0 Å². The summed E-state index contributed by atoms with van der Waals surface area (Å²) in [6.45, 7) is 0. The SMILES string of the molecule is [B]C[C@H](CC=O)c1ccc(OC)cc1. The van der Waals surface area contributed by atoms with Crippen molar-refractivity contribution >= 4 is 14.1 Å². The largest absolute Gasteiger partial charge is 0.497 e. The Morgan fingerprint density at radius 3 is 2.50 bits per heavy atom. The van der Waals surface area contributed by atoms with E-state index in [1.807, 2.05) is 24.3 Å². The molecule has 0 saturated heterocycles. The monoisotopic (exact) mass is 188 g/mol. The molecule has 0 aliphatic heterocycles. The number of carbonyl (C=O) groups is 1. The van der Waals surface area contributed by atoms with Crippen LogP contribution in [0.3, 0.4) is 0 Å². The van der Waals surface area contributed by atoms with E-state index in [0.29, 0.717) is 12.7 Å². The summed E-state index contributed by atoms with van der Waals surface area (Å²) in [6, 6.07) is 7.64. The van der Waals surface area contributed by atoms with Gasteiger partial charge in [-0.2, -0.15) is 0 Å². The fourth-order valence-corrected chi connectivity index (χ4v) is 1.36. The van der Waals surface area contributed by atoms with Crippen LogP contribution in [0.2, 0.25) is 6.32 Å². The molecule has 0 aliphatic rings. The van der Waals surface area contributed by atoms with Crippen molar-refractivity contribution in [2.75, 3.05) is 7.11 Å². The van der Waals surface area contributed by atoms with Gasteiger partial charge in [0.1, 0.15) is 12.0 Å².